The first kappa shape index (κ1) is 13.0. The van der Waals surface area contributed by atoms with Gasteiger partial charge in [0.15, 0.2) is 0 Å². The monoisotopic (exact) mass is 244 g/mol. The smallest absolute Gasteiger partial charge is 0.224 e. The second-order valence-electron chi connectivity index (χ2n) is 3.85. The average Bonchev–Trinajstić information content (AvgIpc) is 2.85. The van der Waals surface area contributed by atoms with Crippen molar-refractivity contribution >= 4 is 18.3 Å². The minimum Gasteiger partial charge on any atom is -0.350 e. The lowest BCUT2D eigenvalue weighted by molar-refractivity contribution is -0.124. The molecule has 1 unspecified atom stereocenters. The van der Waals surface area contributed by atoms with Crippen LogP contribution in [0.5, 0.6) is 0 Å². The van der Waals surface area contributed by atoms with Gasteiger partial charge in [0.05, 0.1) is 18.2 Å². The lowest BCUT2D eigenvalue weighted by Gasteiger charge is -2.09. The summed E-state index contributed by atoms with van der Waals surface area (Å²) in [5.74, 6) is 0.277. The zero-order valence-electron chi connectivity index (χ0n) is 9.27. The fourth-order valence-corrected chi connectivity index (χ4v) is 1.78. The standard InChI is InChI=1S/C10H16N4O.ClH/c1-14-9(3-5-13-14)7-12-10(15)8-2-4-11-6-8;/h3,5,8,11H,2,4,6-7H2,1H3,(H,12,15);1H. The van der Waals surface area contributed by atoms with E-state index >= 15 is 0 Å². The van der Waals surface area contributed by atoms with E-state index in [0.29, 0.717) is 6.54 Å². The van der Waals surface area contributed by atoms with Crippen molar-refractivity contribution in [3.63, 3.8) is 0 Å². The van der Waals surface area contributed by atoms with Gasteiger partial charge in [-0.25, -0.2) is 0 Å². The summed E-state index contributed by atoms with van der Waals surface area (Å²) in [7, 11) is 1.87. The second-order valence-corrected chi connectivity index (χ2v) is 3.85. The van der Waals surface area contributed by atoms with E-state index in [1.807, 2.05) is 13.1 Å². The summed E-state index contributed by atoms with van der Waals surface area (Å²) >= 11 is 0. The number of halogens is 1. The number of carbonyl (C=O) groups is 1. The average molecular weight is 245 g/mol. The lowest BCUT2D eigenvalue weighted by atomic mass is 10.1. The molecule has 0 aliphatic carbocycles. The Bertz CT molecular complexity index is 346. The Labute approximate surface area is 101 Å². The molecule has 0 radical (unpaired) electrons. The molecule has 90 valence electrons. The summed E-state index contributed by atoms with van der Waals surface area (Å²) in [4.78, 5) is 11.7. The molecule has 1 aliphatic rings. The molecule has 1 saturated heterocycles. The number of aromatic nitrogens is 2. The minimum absolute atomic E-state index is 0. The van der Waals surface area contributed by atoms with Gasteiger partial charge in [-0.3, -0.25) is 9.48 Å². The highest BCUT2D eigenvalue weighted by atomic mass is 35.5. The van der Waals surface area contributed by atoms with Crippen LogP contribution in [0.25, 0.3) is 0 Å². The van der Waals surface area contributed by atoms with Crippen molar-refractivity contribution < 1.29 is 4.79 Å². The summed E-state index contributed by atoms with van der Waals surface area (Å²) in [5.41, 5.74) is 1.02. The van der Waals surface area contributed by atoms with E-state index in [4.69, 9.17) is 0 Å². The van der Waals surface area contributed by atoms with Crippen LogP contribution in [0.1, 0.15) is 12.1 Å². The predicted molar refractivity (Wildman–Crippen MR) is 63.3 cm³/mol. The fraction of sp³-hybridized carbons (Fsp3) is 0.600. The molecule has 6 heteroatoms. The molecular formula is C10H17ClN4O. The van der Waals surface area contributed by atoms with Crippen LogP contribution in [-0.2, 0) is 18.4 Å². The first-order chi connectivity index (χ1) is 7.27. The van der Waals surface area contributed by atoms with Crippen molar-refractivity contribution in [1.29, 1.82) is 0 Å². The molecule has 5 nitrogen and oxygen atoms in total. The highest BCUT2D eigenvalue weighted by molar-refractivity contribution is 5.85. The van der Waals surface area contributed by atoms with Gasteiger partial charge in [0.2, 0.25) is 5.91 Å². The van der Waals surface area contributed by atoms with E-state index in [1.54, 1.807) is 10.9 Å². The van der Waals surface area contributed by atoms with Gasteiger partial charge in [-0.05, 0) is 19.0 Å². The quantitative estimate of drug-likeness (QED) is 0.791. The topological polar surface area (TPSA) is 59.0 Å². The van der Waals surface area contributed by atoms with Crippen molar-refractivity contribution in [3.05, 3.63) is 18.0 Å². The van der Waals surface area contributed by atoms with Gasteiger partial charge in [0.1, 0.15) is 0 Å². The number of nitrogens with zero attached hydrogens (tertiary/aromatic N) is 2. The van der Waals surface area contributed by atoms with Crippen molar-refractivity contribution in [2.24, 2.45) is 13.0 Å². The summed E-state index contributed by atoms with van der Waals surface area (Å²) in [6, 6.07) is 1.91. The zero-order chi connectivity index (χ0) is 10.7. The number of aryl methyl sites for hydroxylation is 1. The first-order valence-corrected chi connectivity index (χ1v) is 5.22. The van der Waals surface area contributed by atoms with E-state index in [1.165, 1.54) is 0 Å². The first-order valence-electron chi connectivity index (χ1n) is 5.22. The van der Waals surface area contributed by atoms with E-state index in [0.717, 1.165) is 25.2 Å². The molecule has 0 bridgehead atoms. The highest BCUT2D eigenvalue weighted by Gasteiger charge is 2.21. The van der Waals surface area contributed by atoms with Crippen molar-refractivity contribution in [2.75, 3.05) is 13.1 Å². The van der Waals surface area contributed by atoms with Crippen LogP contribution >= 0.6 is 12.4 Å². The molecular weight excluding hydrogens is 228 g/mol. The summed E-state index contributed by atoms with van der Waals surface area (Å²) in [6.45, 7) is 2.31. The Hall–Kier alpha value is -1.07. The molecule has 0 saturated carbocycles. The molecule has 0 aromatic carbocycles. The molecule has 1 aromatic heterocycles. The fourth-order valence-electron chi connectivity index (χ4n) is 1.78. The number of hydrogen-bond donors (Lipinski definition) is 2. The number of amides is 1. The molecule has 1 aliphatic heterocycles. The Morgan fingerprint density at radius 3 is 3.12 bits per heavy atom. The molecule has 2 rings (SSSR count). The molecule has 16 heavy (non-hydrogen) atoms. The minimum atomic E-state index is 0. The third-order valence-electron chi connectivity index (χ3n) is 2.80. The third-order valence-corrected chi connectivity index (χ3v) is 2.80. The molecule has 2 N–H and O–H groups in total. The van der Waals surface area contributed by atoms with Crippen molar-refractivity contribution in [2.45, 2.75) is 13.0 Å². The number of nitrogens with one attached hydrogen (secondary N) is 2. The maximum absolute atomic E-state index is 11.7. The van der Waals surface area contributed by atoms with Gasteiger partial charge in [0, 0.05) is 19.8 Å². The molecule has 1 amide bonds. The van der Waals surface area contributed by atoms with Crippen LogP contribution < -0.4 is 10.6 Å². The second kappa shape index (κ2) is 5.86. The Balaban J connectivity index is 0.00000128. The van der Waals surface area contributed by atoms with Crippen LogP contribution in [-0.4, -0.2) is 28.8 Å². The van der Waals surface area contributed by atoms with Gasteiger partial charge in [0.25, 0.3) is 0 Å². The normalized spacial score (nSPS) is 19.2. The summed E-state index contributed by atoms with van der Waals surface area (Å²) in [6.07, 6.45) is 2.68. The third kappa shape index (κ3) is 2.96. The van der Waals surface area contributed by atoms with Gasteiger partial charge in [-0.1, -0.05) is 0 Å². The van der Waals surface area contributed by atoms with Crippen LogP contribution in [0.3, 0.4) is 0 Å². The zero-order valence-corrected chi connectivity index (χ0v) is 10.1. The molecule has 1 aromatic rings. The van der Waals surface area contributed by atoms with Crippen LogP contribution in [0.15, 0.2) is 12.3 Å². The van der Waals surface area contributed by atoms with E-state index < -0.39 is 0 Å². The number of rotatable bonds is 3. The van der Waals surface area contributed by atoms with Crippen LogP contribution in [0, 0.1) is 5.92 Å². The number of hydrogen-bond acceptors (Lipinski definition) is 3. The van der Waals surface area contributed by atoms with Gasteiger partial charge in [-0.15, -0.1) is 12.4 Å². The predicted octanol–water partition coefficient (Wildman–Crippen LogP) is 0.0676. The lowest BCUT2D eigenvalue weighted by Crippen LogP contribution is -2.32. The van der Waals surface area contributed by atoms with Gasteiger partial charge >= 0.3 is 0 Å². The number of carbonyl (C=O) groups excluding carboxylic acids is 1. The van der Waals surface area contributed by atoms with E-state index in [2.05, 4.69) is 15.7 Å². The highest BCUT2D eigenvalue weighted by Crippen LogP contribution is 2.07. The Morgan fingerprint density at radius 1 is 1.75 bits per heavy atom. The SMILES string of the molecule is Cl.Cn1nccc1CNC(=O)C1CCNC1. The summed E-state index contributed by atoms with van der Waals surface area (Å²) < 4.78 is 1.77. The van der Waals surface area contributed by atoms with E-state index in [9.17, 15) is 4.79 Å². The molecule has 1 atom stereocenters. The summed E-state index contributed by atoms with van der Waals surface area (Å²) in [5, 5.41) is 10.2. The van der Waals surface area contributed by atoms with Crippen molar-refractivity contribution in [3.8, 4) is 0 Å². The maximum atomic E-state index is 11.7. The maximum Gasteiger partial charge on any atom is 0.224 e. The molecule has 0 spiro atoms. The Kier molecular flexibility index (Phi) is 4.76. The van der Waals surface area contributed by atoms with Crippen LogP contribution in [0.2, 0.25) is 0 Å². The Morgan fingerprint density at radius 2 is 2.56 bits per heavy atom. The van der Waals surface area contributed by atoms with Crippen molar-refractivity contribution in [1.82, 2.24) is 20.4 Å². The van der Waals surface area contributed by atoms with Gasteiger partial charge in [-0.2, -0.15) is 5.10 Å². The van der Waals surface area contributed by atoms with E-state index in [-0.39, 0.29) is 24.2 Å². The molecule has 1 fully saturated rings. The largest absolute Gasteiger partial charge is 0.350 e. The van der Waals surface area contributed by atoms with Gasteiger partial charge < -0.3 is 10.6 Å². The van der Waals surface area contributed by atoms with Crippen LogP contribution in [0.4, 0.5) is 0 Å². The molecule has 2 heterocycles.